The van der Waals surface area contributed by atoms with Crippen LogP contribution in [-0.4, -0.2) is 0 Å². The molecule has 2 heterocycles. The lowest BCUT2D eigenvalue weighted by Crippen LogP contribution is -2.11. The monoisotopic (exact) mass is 753 g/mol. The molecular weight excluding hydrogens is 719 g/mol. The second kappa shape index (κ2) is 13.4. The minimum Gasteiger partial charge on any atom is -0.456 e. The minimum atomic E-state index is 0.883. The topological polar surface area (TPSA) is 29.5 Å². The number of rotatable bonds is 6. The Kier molecular flexibility index (Phi) is 7.54. The molecule has 12 aromatic rings. The zero-order chi connectivity index (χ0) is 38.9. The fourth-order valence-electron chi connectivity index (χ4n) is 9.01. The van der Waals surface area contributed by atoms with Gasteiger partial charge in [0.25, 0.3) is 0 Å². The van der Waals surface area contributed by atoms with Crippen molar-refractivity contribution in [1.29, 1.82) is 0 Å². The third-order valence-corrected chi connectivity index (χ3v) is 11.8. The van der Waals surface area contributed by atoms with Crippen LogP contribution in [0.5, 0.6) is 0 Å². The summed E-state index contributed by atoms with van der Waals surface area (Å²) in [4.78, 5) is 2.39. The van der Waals surface area contributed by atoms with Crippen LogP contribution in [0.3, 0.4) is 0 Å². The Morgan fingerprint density at radius 2 is 0.966 bits per heavy atom. The van der Waals surface area contributed by atoms with Gasteiger partial charge in [0.2, 0.25) is 0 Å². The van der Waals surface area contributed by atoms with Gasteiger partial charge >= 0.3 is 0 Å². The van der Waals surface area contributed by atoms with Gasteiger partial charge in [0.1, 0.15) is 22.3 Å². The zero-order valence-corrected chi connectivity index (χ0v) is 32.0. The van der Waals surface area contributed by atoms with E-state index < -0.39 is 0 Å². The second-order valence-electron chi connectivity index (χ2n) is 15.3. The molecule has 276 valence electrons. The molecule has 10 aromatic carbocycles. The van der Waals surface area contributed by atoms with Crippen molar-refractivity contribution in [3.05, 3.63) is 212 Å². The van der Waals surface area contributed by atoms with Crippen molar-refractivity contribution < 1.29 is 8.83 Å². The predicted molar refractivity (Wildman–Crippen MR) is 247 cm³/mol. The maximum absolute atomic E-state index is 6.53. The standard InChI is InChI=1S/C56H35NO2/c1-2-13-39-33-41(24-23-36(39)11-1)40-14-9-15-44(34-40)57(43-29-25-38(26-30-43)46-19-10-22-54-55(46)49-18-6-8-21-52(49)58-54)51-20-7-5-16-45(51)42-28-32-53-50(35-42)48-31-27-37-12-3-4-17-47(37)56(48)59-53/h1-35H. The average Bonchev–Trinajstić information content (AvgIpc) is 3.88. The molecule has 2 aromatic heterocycles. The van der Waals surface area contributed by atoms with E-state index in [1.807, 2.05) is 12.1 Å². The third-order valence-electron chi connectivity index (χ3n) is 11.8. The second-order valence-corrected chi connectivity index (χ2v) is 15.3. The molecule has 3 heteroatoms. The lowest BCUT2D eigenvalue weighted by atomic mass is 9.97. The van der Waals surface area contributed by atoms with Crippen molar-refractivity contribution >= 4 is 82.5 Å². The number of hydrogen-bond acceptors (Lipinski definition) is 3. The van der Waals surface area contributed by atoms with Crippen molar-refractivity contribution in [2.24, 2.45) is 0 Å². The van der Waals surface area contributed by atoms with E-state index in [2.05, 4.69) is 205 Å². The van der Waals surface area contributed by atoms with Crippen LogP contribution in [0.25, 0.3) is 98.8 Å². The molecule has 0 atom stereocenters. The maximum atomic E-state index is 6.53. The molecule has 0 saturated carbocycles. The number of hydrogen-bond donors (Lipinski definition) is 0. The van der Waals surface area contributed by atoms with Gasteiger partial charge in [0.15, 0.2) is 0 Å². The van der Waals surface area contributed by atoms with Crippen LogP contribution in [0.4, 0.5) is 17.1 Å². The summed E-state index contributed by atoms with van der Waals surface area (Å²) in [7, 11) is 0. The molecule has 0 bridgehead atoms. The van der Waals surface area contributed by atoms with E-state index in [0.29, 0.717) is 0 Å². The Hall–Kier alpha value is -7.88. The van der Waals surface area contributed by atoms with Gasteiger partial charge < -0.3 is 13.7 Å². The lowest BCUT2D eigenvalue weighted by Gasteiger charge is -2.28. The first-order chi connectivity index (χ1) is 29.2. The summed E-state index contributed by atoms with van der Waals surface area (Å²) < 4.78 is 12.8. The third kappa shape index (κ3) is 5.51. The molecular formula is C56H35NO2. The molecule has 0 N–H and O–H groups in total. The highest BCUT2D eigenvalue weighted by Crippen LogP contribution is 2.45. The van der Waals surface area contributed by atoms with Crippen LogP contribution < -0.4 is 4.90 Å². The first kappa shape index (κ1) is 33.3. The maximum Gasteiger partial charge on any atom is 0.143 e. The molecule has 0 spiro atoms. The van der Waals surface area contributed by atoms with Crippen LogP contribution >= 0.6 is 0 Å². The zero-order valence-electron chi connectivity index (χ0n) is 32.0. The highest BCUT2D eigenvalue weighted by molar-refractivity contribution is 6.16. The fourth-order valence-corrected chi connectivity index (χ4v) is 9.01. The van der Waals surface area contributed by atoms with Crippen molar-refractivity contribution in [3.63, 3.8) is 0 Å². The largest absolute Gasteiger partial charge is 0.456 e. The highest BCUT2D eigenvalue weighted by Gasteiger charge is 2.20. The molecule has 0 aliphatic heterocycles. The lowest BCUT2D eigenvalue weighted by molar-refractivity contribution is 0.669. The van der Waals surface area contributed by atoms with Gasteiger partial charge in [-0.1, -0.05) is 146 Å². The van der Waals surface area contributed by atoms with Gasteiger partial charge in [-0.05, 0) is 111 Å². The fraction of sp³-hybridized carbons (Fsp3) is 0. The summed E-state index contributed by atoms with van der Waals surface area (Å²) in [5.41, 5.74) is 13.7. The van der Waals surface area contributed by atoms with E-state index in [1.165, 1.54) is 21.7 Å². The smallest absolute Gasteiger partial charge is 0.143 e. The van der Waals surface area contributed by atoms with Crippen molar-refractivity contribution in [1.82, 2.24) is 0 Å². The van der Waals surface area contributed by atoms with Gasteiger partial charge in [-0.2, -0.15) is 0 Å². The predicted octanol–water partition coefficient (Wildman–Crippen LogP) is 16.3. The van der Waals surface area contributed by atoms with E-state index in [0.717, 1.165) is 94.1 Å². The van der Waals surface area contributed by atoms with E-state index in [9.17, 15) is 0 Å². The molecule has 12 rings (SSSR count). The SMILES string of the molecule is c1cc(-c2ccc3ccccc3c2)cc(N(c2ccc(-c3cccc4oc5ccccc5c34)cc2)c2ccccc2-c2ccc3oc4c5ccccc5ccc4c3c2)c1. The van der Waals surface area contributed by atoms with Crippen LogP contribution in [0.15, 0.2) is 221 Å². The van der Waals surface area contributed by atoms with E-state index in [4.69, 9.17) is 8.83 Å². The molecule has 0 unspecified atom stereocenters. The summed E-state index contributed by atoms with van der Waals surface area (Å²) in [6.07, 6.45) is 0. The molecule has 3 nitrogen and oxygen atoms in total. The van der Waals surface area contributed by atoms with Gasteiger partial charge in [0, 0.05) is 43.9 Å². The van der Waals surface area contributed by atoms with E-state index >= 15 is 0 Å². The Morgan fingerprint density at radius 3 is 1.88 bits per heavy atom. The summed E-state index contributed by atoms with van der Waals surface area (Å²) in [5, 5.41) is 9.24. The summed E-state index contributed by atoms with van der Waals surface area (Å²) >= 11 is 0. The minimum absolute atomic E-state index is 0.883. The summed E-state index contributed by atoms with van der Waals surface area (Å²) in [5.74, 6) is 0. The van der Waals surface area contributed by atoms with E-state index in [-0.39, 0.29) is 0 Å². The Labute approximate surface area is 340 Å². The van der Waals surface area contributed by atoms with Crippen molar-refractivity contribution in [2.75, 3.05) is 4.90 Å². The quantitative estimate of drug-likeness (QED) is 0.169. The van der Waals surface area contributed by atoms with Gasteiger partial charge in [-0.15, -0.1) is 0 Å². The molecule has 0 aliphatic rings. The summed E-state index contributed by atoms with van der Waals surface area (Å²) in [6.45, 7) is 0. The summed E-state index contributed by atoms with van der Waals surface area (Å²) in [6, 6.07) is 75.9. The van der Waals surface area contributed by atoms with Crippen LogP contribution in [0.2, 0.25) is 0 Å². The number of furan rings is 2. The Morgan fingerprint density at radius 1 is 0.305 bits per heavy atom. The molecule has 0 radical (unpaired) electrons. The van der Waals surface area contributed by atoms with Gasteiger partial charge in [-0.25, -0.2) is 0 Å². The number of para-hydroxylation sites is 2. The normalized spacial score (nSPS) is 11.7. The van der Waals surface area contributed by atoms with Crippen LogP contribution in [0, 0.1) is 0 Å². The van der Waals surface area contributed by atoms with E-state index in [1.54, 1.807) is 0 Å². The van der Waals surface area contributed by atoms with Crippen LogP contribution in [-0.2, 0) is 0 Å². The average molecular weight is 754 g/mol. The molecule has 0 amide bonds. The molecule has 0 saturated heterocycles. The van der Waals surface area contributed by atoms with Crippen molar-refractivity contribution in [3.8, 4) is 33.4 Å². The first-order valence-corrected chi connectivity index (χ1v) is 20.1. The molecule has 59 heavy (non-hydrogen) atoms. The number of fused-ring (bicyclic) bond motifs is 9. The van der Waals surface area contributed by atoms with Gasteiger partial charge in [0.05, 0.1) is 5.69 Å². The van der Waals surface area contributed by atoms with Crippen LogP contribution in [0.1, 0.15) is 0 Å². The highest BCUT2D eigenvalue weighted by atomic mass is 16.3. The Balaban J connectivity index is 1.03. The molecule has 0 aliphatic carbocycles. The Bertz CT molecular complexity index is 3570. The number of anilines is 3. The number of benzene rings is 10. The molecule has 0 fully saturated rings. The first-order valence-electron chi connectivity index (χ1n) is 20.1. The van der Waals surface area contributed by atoms with Crippen molar-refractivity contribution in [2.45, 2.75) is 0 Å². The van der Waals surface area contributed by atoms with Gasteiger partial charge in [-0.3, -0.25) is 0 Å². The number of nitrogens with zero attached hydrogens (tertiary/aromatic N) is 1.